The number of aromatic hydroxyl groups is 1. The Labute approximate surface area is 121 Å². The van der Waals surface area contributed by atoms with Crippen LogP contribution < -0.4 is 5.32 Å². The molecule has 0 aliphatic carbocycles. The Morgan fingerprint density at radius 2 is 2.15 bits per heavy atom. The van der Waals surface area contributed by atoms with Crippen LogP contribution >= 0.6 is 11.8 Å². The van der Waals surface area contributed by atoms with E-state index in [1.165, 1.54) is 24.0 Å². The number of aromatic nitrogens is 2. The van der Waals surface area contributed by atoms with Crippen molar-refractivity contribution in [1.29, 1.82) is 0 Å². The number of nitrogens with zero attached hydrogens (tertiary/aromatic N) is 2. The number of hydrogen-bond acceptors (Lipinski definition) is 5. The van der Waals surface area contributed by atoms with Gasteiger partial charge in [0.25, 0.3) is 5.91 Å². The molecule has 0 aliphatic rings. The fourth-order valence-electron chi connectivity index (χ4n) is 1.73. The molecule has 1 amide bonds. The van der Waals surface area contributed by atoms with Gasteiger partial charge in [-0.2, -0.15) is 0 Å². The molecule has 0 fully saturated rings. The Morgan fingerprint density at radius 1 is 1.40 bits per heavy atom. The Bertz CT molecular complexity index is 632. The van der Waals surface area contributed by atoms with Crippen LogP contribution in [0.15, 0.2) is 35.6 Å². The summed E-state index contributed by atoms with van der Waals surface area (Å²) in [5.41, 5.74) is 1.49. The van der Waals surface area contributed by atoms with Crippen molar-refractivity contribution in [3.8, 4) is 5.75 Å². The maximum Gasteiger partial charge on any atom is 0.259 e. The molecule has 104 valence electrons. The van der Waals surface area contributed by atoms with Crippen LogP contribution in [-0.4, -0.2) is 27.2 Å². The summed E-state index contributed by atoms with van der Waals surface area (Å²) in [5, 5.41) is 13.0. The average Bonchev–Trinajstić information content (AvgIpc) is 2.48. The van der Waals surface area contributed by atoms with Crippen LogP contribution in [0.1, 0.15) is 23.0 Å². The van der Waals surface area contributed by atoms with Crippen LogP contribution in [0, 0.1) is 0 Å². The summed E-state index contributed by atoms with van der Waals surface area (Å²) in [7, 11) is 0. The number of phenols is 1. The number of benzene rings is 1. The summed E-state index contributed by atoms with van der Waals surface area (Å²) in [4.78, 5) is 20.7. The number of nitrogens with one attached hydrogen (secondary N) is 1. The molecule has 0 radical (unpaired) electrons. The Morgan fingerprint density at radius 3 is 2.80 bits per heavy atom. The van der Waals surface area contributed by atoms with Gasteiger partial charge in [0.15, 0.2) is 5.16 Å². The highest BCUT2D eigenvalue weighted by atomic mass is 32.2. The van der Waals surface area contributed by atoms with E-state index in [4.69, 9.17) is 0 Å². The molecule has 0 spiro atoms. The first-order chi connectivity index (χ1) is 9.65. The second-order valence-corrected chi connectivity index (χ2v) is 4.82. The molecule has 1 heterocycles. The van der Waals surface area contributed by atoms with Gasteiger partial charge in [-0.25, -0.2) is 9.97 Å². The summed E-state index contributed by atoms with van der Waals surface area (Å²) in [5.74, 6) is -0.295. The monoisotopic (exact) mass is 289 g/mol. The number of carbonyl (C=O) groups is 1. The third kappa shape index (κ3) is 3.08. The third-order valence-corrected chi connectivity index (χ3v) is 3.32. The molecule has 2 aromatic rings. The summed E-state index contributed by atoms with van der Waals surface area (Å²) in [6.07, 6.45) is 4.04. The van der Waals surface area contributed by atoms with E-state index in [0.29, 0.717) is 28.5 Å². The lowest BCUT2D eigenvalue weighted by Crippen LogP contribution is -2.16. The topological polar surface area (TPSA) is 75.1 Å². The van der Waals surface area contributed by atoms with Gasteiger partial charge in [-0.05, 0) is 24.8 Å². The highest BCUT2D eigenvalue weighted by molar-refractivity contribution is 7.98. The molecule has 0 atom stereocenters. The zero-order valence-corrected chi connectivity index (χ0v) is 12.1. The first-order valence-corrected chi connectivity index (χ1v) is 7.37. The van der Waals surface area contributed by atoms with Gasteiger partial charge < -0.3 is 10.4 Å². The van der Waals surface area contributed by atoms with Gasteiger partial charge in [-0.3, -0.25) is 4.79 Å². The molecule has 0 unspecified atom stereocenters. The summed E-state index contributed by atoms with van der Waals surface area (Å²) < 4.78 is 0. The SMILES string of the molecule is CCc1nc(SC)ncc1C(=O)Nc1ccccc1O. The number of hydrogen-bond donors (Lipinski definition) is 2. The van der Waals surface area contributed by atoms with Gasteiger partial charge in [0.2, 0.25) is 0 Å². The molecule has 2 rings (SSSR count). The molecule has 5 nitrogen and oxygen atoms in total. The molecule has 2 N–H and O–H groups in total. The highest BCUT2D eigenvalue weighted by Gasteiger charge is 2.14. The van der Waals surface area contributed by atoms with E-state index in [-0.39, 0.29) is 11.7 Å². The average molecular weight is 289 g/mol. The van der Waals surface area contributed by atoms with Crippen LogP contribution in [0.2, 0.25) is 0 Å². The van der Waals surface area contributed by atoms with Crippen molar-refractivity contribution in [2.75, 3.05) is 11.6 Å². The minimum atomic E-state index is -0.323. The second-order valence-electron chi connectivity index (χ2n) is 4.04. The smallest absolute Gasteiger partial charge is 0.259 e. The quantitative estimate of drug-likeness (QED) is 0.514. The van der Waals surface area contributed by atoms with Crippen molar-refractivity contribution in [3.05, 3.63) is 41.7 Å². The van der Waals surface area contributed by atoms with E-state index in [1.807, 2.05) is 13.2 Å². The zero-order chi connectivity index (χ0) is 14.5. The third-order valence-electron chi connectivity index (χ3n) is 2.76. The molecular weight excluding hydrogens is 274 g/mol. The van der Waals surface area contributed by atoms with Gasteiger partial charge in [-0.1, -0.05) is 30.8 Å². The zero-order valence-electron chi connectivity index (χ0n) is 11.3. The van der Waals surface area contributed by atoms with E-state index in [2.05, 4.69) is 15.3 Å². The Hall–Kier alpha value is -2.08. The fourth-order valence-corrected chi connectivity index (χ4v) is 2.08. The van der Waals surface area contributed by atoms with Crippen LogP contribution in [-0.2, 0) is 6.42 Å². The van der Waals surface area contributed by atoms with Crippen molar-refractivity contribution in [2.24, 2.45) is 0 Å². The number of carbonyl (C=O) groups excluding carboxylic acids is 1. The molecule has 1 aromatic carbocycles. The number of aryl methyl sites for hydroxylation is 1. The fraction of sp³-hybridized carbons (Fsp3) is 0.214. The second kappa shape index (κ2) is 6.38. The summed E-state index contributed by atoms with van der Waals surface area (Å²) in [6.45, 7) is 1.93. The van der Waals surface area contributed by atoms with Gasteiger partial charge in [0, 0.05) is 6.20 Å². The van der Waals surface area contributed by atoms with Crippen molar-refractivity contribution >= 4 is 23.4 Å². The molecule has 0 aliphatic heterocycles. The summed E-state index contributed by atoms with van der Waals surface area (Å²) in [6, 6.07) is 6.59. The molecular formula is C14H15N3O2S. The Kier molecular flexibility index (Phi) is 4.57. The molecule has 1 aromatic heterocycles. The van der Waals surface area contributed by atoms with Gasteiger partial charge in [-0.15, -0.1) is 0 Å². The van der Waals surface area contributed by atoms with E-state index >= 15 is 0 Å². The van der Waals surface area contributed by atoms with Crippen LogP contribution in [0.25, 0.3) is 0 Å². The highest BCUT2D eigenvalue weighted by Crippen LogP contribution is 2.23. The lowest BCUT2D eigenvalue weighted by Gasteiger charge is -2.09. The number of amides is 1. The predicted molar refractivity (Wildman–Crippen MR) is 79.3 cm³/mol. The maximum atomic E-state index is 12.2. The standard InChI is InChI=1S/C14H15N3O2S/c1-3-10-9(8-15-14(17-10)20-2)13(19)16-11-6-4-5-7-12(11)18/h4-8,18H,3H2,1-2H3,(H,16,19). The van der Waals surface area contributed by atoms with Crippen LogP contribution in [0.3, 0.4) is 0 Å². The lowest BCUT2D eigenvalue weighted by atomic mass is 10.1. The molecule has 0 bridgehead atoms. The van der Waals surface area contributed by atoms with Gasteiger partial charge >= 0.3 is 0 Å². The van der Waals surface area contributed by atoms with E-state index in [9.17, 15) is 9.90 Å². The lowest BCUT2D eigenvalue weighted by molar-refractivity contribution is 0.102. The summed E-state index contributed by atoms with van der Waals surface area (Å²) >= 11 is 1.43. The normalized spacial score (nSPS) is 10.3. The van der Waals surface area contributed by atoms with Crippen molar-refractivity contribution in [3.63, 3.8) is 0 Å². The predicted octanol–water partition coefficient (Wildman–Crippen LogP) is 2.72. The first kappa shape index (κ1) is 14.3. The molecule has 0 saturated carbocycles. The van der Waals surface area contributed by atoms with E-state index < -0.39 is 0 Å². The van der Waals surface area contributed by atoms with Crippen molar-refractivity contribution in [1.82, 2.24) is 9.97 Å². The van der Waals surface area contributed by atoms with Crippen molar-refractivity contribution in [2.45, 2.75) is 18.5 Å². The number of rotatable bonds is 4. The maximum absolute atomic E-state index is 12.2. The number of anilines is 1. The largest absolute Gasteiger partial charge is 0.506 e. The number of thioether (sulfide) groups is 1. The van der Waals surface area contributed by atoms with Crippen LogP contribution in [0.5, 0.6) is 5.75 Å². The van der Waals surface area contributed by atoms with Gasteiger partial charge in [0.1, 0.15) is 5.75 Å². The van der Waals surface area contributed by atoms with Crippen LogP contribution in [0.4, 0.5) is 5.69 Å². The van der Waals surface area contributed by atoms with Crippen molar-refractivity contribution < 1.29 is 9.90 Å². The minimum Gasteiger partial charge on any atom is -0.506 e. The number of para-hydroxylation sites is 2. The van der Waals surface area contributed by atoms with E-state index in [1.54, 1.807) is 18.2 Å². The number of phenolic OH excluding ortho intramolecular Hbond substituents is 1. The Balaban J connectivity index is 2.27. The first-order valence-electron chi connectivity index (χ1n) is 6.15. The van der Waals surface area contributed by atoms with Gasteiger partial charge in [0.05, 0.1) is 16.9 Å². The molecule has 6 heteroatoms. The molecule has 20 heavy (non-hydrogen) atoms. The molecule has 0 saturated heterocycles. The minimum absolute atomic E-state index is 0.0283. The van der Waals surface area contributed by atoms with E-state index in [0.717, 1.165) is 0 Å².